The topological polar surface area (TPSA) is 65.5 Å². The van der Waals surface area contributed by atoms with Gasteiger partial charge in [-0.3, -0.25) is 4.79 Å². The molecule has 2 N–H and O–H groups in total. The van der Waals surface area contributed by atoms with E-state index in [2.05, 4.69) is 10.3 Å². The van der Waals surface area contributed by atoms with Crippen LogP contribution in [0.4, 0.5) is 19.6 Å². The number of aromatic nitrogens is 1. The van der Waals surface area contributed by atoms with Crippen molar-refractivity contribution in [2.75, 3.05) is 18.4 Å². The Morgan fingerprint density at radius 2 is 2.09 bits per heavy atom. The third-order valence-electron chi connectivity index (χ3n) is 3.52. The molecule has 23 heavy (non-hydrogen) atoms. The molecule has 3 rings (SSSR count). The Morgan fingerprint density at radius 3 is 2.78 bits per heavy atom. The molecule has 0 saturated carbocycles. The van der Waals surface area contributed by atoms with Gasteiger partial charge in [0.25, 0.3) is 5.91 Å². The highest BCUT2D eigenvalue weighted by atomic mass is 32.1. The van der Waals surface area contributed by atoms with E-state index in [0.29, 0.717) is 24.6 Å². The van der Waals surface area contributed by atoms with Gasteiger partial charge >= 0.3 is 0 Å². The molecule has 1 aromatic carbocycles. The maximum atomic E-state index is 13.2. The number of hydrogen-bond acceptors (Lipinski definition) is 5. The van der Waals surface area contributed by atoms with E-state index in [1.807, 2.05) is 0 Å². The number of hydrogen-bond donors (Lipinski definition) is 2. The summed E-state index contributed by atoms with van der Waals surface area (Å²) >= 11 is 1.17. The lowest BCUT2D eigenvalue weighted by atomic mass is 10.1. The summed E-state index contributed by atoms with van der Waals surface area (Å²) in [6, 6.07) is 3.07. The van der Waals surface area contributed by atoms with Crippen molar-refractivity contribution >= 4 is 28.1 Å². The lowest BCUT2D eigenvalue weighted by molar-refractivity contribution is 0.0469. The van der Waals surface area contributed by atoms with Crippen molar-refractivity contribution in [2.45, 2.75) is 18.9 Å². The van der Waals surface area contributed by atoms with Crippen LogP contribution >= 0.6 is 11.3 Å². The molecule has 2 aromatic rings. The second kappa shape index (κ2) is 6.59. The number of β-amino-alcohol motifs (C(OH)–C–C–N with tert-alkyl or cyclic N) is 1. The minimum Gasteiger partial charge on any atom is -0.391 e. The molecule has 1 aromatic heterocycles. The summed E-state index contributed by atoms with van der Waals surface area (Å²) < 4.78 is 26.3. The Hall–Kier alpha value is -2.06. The molecular formula is C15H15F2N3O2S. The van der Waals surface area contributed by atoms with Crippen LogP contribution < -0.4 is 5.32 Å². The number of benzene rings is 1. The Labute approximate surface area is 135 Å². The number of piperidine rings is 1. The number of nitrogens with one attached hydrogen (secondary N) is 1. The molecule has 0 aliphatic carbocycles. The number of likely N-dealkylation sites (tertiary alicyclic amines) is 1. The fraction of sp³-hybridized carbons (Fsp3) is 0.333. The SMILES string of the molecule is O=C(c1csc(Nc2cc(F)cc(F)c2)n1)N1CCC[C@@H](O)C1. The standard InChI is InChI=1S/C15H15F2N3O2S/c16-9-4-10(17)6-11(5-9)18-15-19-13(8-23-15)14(22)20-3-1-2-12(21)7-20/h4-6,8,12,21H,1-3,7H2,(H,18,19)/t12-/m1/s1. The maximum Gasteiger partial charge on any atom is 0.273 e. The smallest absolute Gasteiger partial charge is 0.273 e. The van der Waals surface area contributed by atoms with Crippen LogP contribution in [0.25, 0.3) is 0 Å². The fourth-order valence-corrected chi connectivity index (χ4v) is 3.18. The van der Waals surface area contributed by atoms with Gasteiger partial charge in [-0.25, -0.2) is 13.8 Å². The van der Waals surface area contributed by atoms with E-state index in [0.717, 1.165) is 24.6 Å². The first kappa shape index (κ1) is 15.8. The van der Waals surface area contributed by atoms with Gasteiger partial charge in [0.15, 0.2) is 5.13 Å². The van der Waals surface area contributed by atoms with Crippen LogP contribution in [-0.2, 0) is 0 Å². The first-order valence-electron chi connectivity index (χ1n) is 7.17. The summed E-state index contributed by atoms with van der Waals surface area (Å²) in [6.45, 7) is 0.888. The second-order valence-corrected chi connectivity index (χ2v) is 6.23. The van der Waals surface area contributed by atoms with Crippen molar-refractivity contribution in [3.8, 4) is 0 Å². The molecule has 1 saturated heterocycles. The molecule has 1 aliphatic heterocycles. The van der Waals surface area contributed by atoms with E-state index in [-0.39, 0.29) is 17.3 Å². The Bertz CT molecular complexity index is 702. The lowest BCUT2D eigenvalue weighted by Gasteiger charge is -2.29. The highest BCUT2D eigenvalue weighted by Crippen LogP contribution is 2.23. The minimum absolute atomic E-state index is 0.226. The van der Waals surface area contributed by atoms with Crippen LogP contribution in [0.5, 0.6) is 0 Å². The summed E-state index contributed by atoms with van der Waals surface area (Å²) in [5.41, 5.74) is 0.479. The molecule has 1 fully saturated rings. The van der Waals surface area contributed by atoms with Gasteiger partial charge in [-0.15, -0.1) is 11.3 Å². The number of carbonyl (C=O) groups is 1. The van der Waals surface area contributed by atoms with E-state index in [4.69, 9.17) is 0 Å². The first-order chi connectivity index (χ1) is 11.0. The quantitative estimate of drug-likeness (QED) is 0.902. The molecule has 122 valence electrons. The van der Waals surface area contributed by atoms with Crippen molar-refractivity contribution in [3.63, 3.8) is 0 Å². The molecular weight excluding hydrogens is 324 g/mol. The molecule has 0 bridgehead atoms. The van der Waals surface area contributed by atoms with Gasteiger partial charge < -0.3 is 15.3 Å². The summed E-state index contributed by atoms with van der Waals surface area (Å²) in [4.78, 5) is 18.0. The van der Waals surface area contributed by atoms with Gasteiger partial charge in [-0.2, -0.15) is 0 Å². The molecule has 0 radical (unpaired) electrons. The number of anilines is 2. The average molecular weight is 339 g/mol. The van der Waals surface area contributed by atoms with Crippen LogP contribution in [-0.4, -0.2) is 40.1 Å². The van der Waals surface area contributed by atoms with Gasteiger partial charge in [-0.1, -0.05) is 0 Å². The predicted octanol–water partition coefficient (Wildman–Crippen LogP) is 2.76. The van der Waals surface area contributed by atoms with Crippen LogP contribution in [0, 0.1) is 11.6 Å². The monoisotopic (exact) mass is 339 g/mol. The van der Waals surface area contributed by atoms with Gasteiger partial charge in [0.2, 0.25) is 0 Å². The van der Waals surface area contributed by atoms with Crippen molar-refractivity contribution in [2.24, 2.45) is 0 Å². The van der Waals surface area contributed by atoms with Gasteiger partial charge in [-0.05, 0) is 25.0 Å². The summed E-state index contributed by atoms with van der Waals surface area (Å²) in [5.74, 6) is -1.64. The molecule has 8 heteroatoms. The highest BCUT2D eigenvalue weighted by molar-refractivity contribution is 7.14. The Morgan fingerprint density at radius 1 is 1.35 bits per heavy atom. The largest absolute Gasteiger partial charge is 0.391 e. The lowest BCUT2D eigenvalue weighted by Crippen LogP contribution is -2.42. The number of amides is 1. The predicted molar refractivity (Wildman–Crippen MR) is 82.9 cm³/mol. The van der Waals surface area contributed by atoms with Crippen molar-refractivity contribution in [3.05, 3.63) is 40.9 Å². The maximum absolute atomic E-state index is 13.2. The average Bonchev–Trinajstić information content (AvgIpc) is 2.94. The zero-order valence-electron chi connectivity index (χ0n) is 12.1. The first-order valence-corrected chi connectivity index (χ1v) is 8.05. The third kappa shape index (κ3) is 3.83. The molecule has 2 heterocycles. The van der Waals surface area contributed by atoms with E-state index >= 15 is 0 Å². The highest BCUT2D eigenvalue weighted by Gasteiger charge is 2.24. The molecule has 1 amide bonds. The summed E-state index contributed by atoms with van der Waals surface area (Å²) in [6.07, 6.45) is 0.947. The normalized spacial score (nSPS) is 18.0. The van der Waals surface area contributed by atoms with Crippen LogP contribution in [0.3, 0.4) is 0 Å². The summed E-state index contributed by atoms with van der Waals surface area (Å²) in [5, 5.41) is 14.4. The van der Waals surface area contributed by atoms with Crippen molar-refractivity contribution in [1.82, 2.24) is 9.88 Å². The second-order valence-electron chi connectivity index (χ2n) is 5.37. The van der Waals surface area contributed by atoms with Crippen LogP contribution in [0.2, 0.25) is 0 Å². The fourth-order valence-electron chi connectivity index (χ4n) is 2.48. The number of carbonyl (C=O) groups excluding carboxylic acids is 1. The van der Waals surface area contributed by atoms with E-state index < -0.39 is 17.7 Å². The number of thiazole rings is 1. The molecule has 0 unspecified atom stereocenters. The number of aliphatic hydroxyl groups is 1. The number of halogens is 2. The van der Waals surface area contributed by atoms with Crippen molar-refractivity contribution < 1.29 is 18.7 Å². The van der Waals surface area contributed by atoms with Gasteiger partial charge in [0.1, 0.15) is 17.3 Å². The number of aliphatic hydroxyl groups excluding tert-OH is 1. The molecule has 1 atom stereocenters. The van der Waals surface area contributed by atoms with Crippen molar-refractivity contribution in [1.29, 1.82) is 0 Å². The number of rotatable bonds is 3. The van der Waals surface area contributed by atoms with E-state index in [1.54, 1.807) is 10.3 Å². The number of nitrogens with zero attached hydrogens (tertiary/aromatic N) is 2. The Balaban J connectivity index is 1.71. The minimum atomic E-state index is -0.692. The Kier molecular flexibility index (Phi) is 4.53. The van der Waals surface area contributed by atoms with Crippen LogP contribution in [0.1, 0.15) is 23.3 Å². The molecule has 0 spiro atoms. The summed E-state index contributed by atoms with van der Waals surface area (Å²) in [7, 11) is 0. The molecule has 5 nitrogen and oxygen atoms in total. The van der Waals surface area contributed by atoms with E-state index in [1.165, 1.54) is 11.3 Å². The van der Waals surface area contributed by atoms with E-state index in [9.17, 15) is 18.7 Å². The zero-order chi connectivity index (χ0) is 16.4. The molecule has 1 aliphatic rings. The third-order valence-corrected chi connectivity index (χ3v) is 4.28. The zero-order valence-corrected chi connectivity index (χ0v) is 12.9. The van der Waals surface area contributed by atoms with Crippen LogP contribution in [0.15, 0.2) is 23.6 Å². The van der Waals surface area contributed by atoms with Gasteiger partial charge in [0, 0.05) is 30.2 Å². The van der Waals surface area contributed by atoms with Gasteiger partial charge in [0.05, 0.1) is 6.10 Å².